The van der Waals surface area contributed by atoms with Gasteiger partial charge in [-0.05, 0) is 37.1 Å². The monoisotopic (exact) mass is 411 g/mol. The van der Waals surface area contributed by atoms with E-state index >= 15 is 0 Å². The predicted octanol–water partition coefficient (Wildman–Crippen LogP) is 4.09. The largest absolute Gasteiger partial charge is 0.434 e. The minimum absolute atomic E-state index is 0.0429. The molecule has 0 spiro atoms. The summed E-state index contributed by atoms with van der Waals surface area (Å²) in [6, 6.07) is 5.55. The van der Waals surface area contributed by atoms with Gasteiger partial charge in [-0.2, -0.15) is 13.2 Å². The lowest BCUT2D eigenvalue weighted by Crippen LogP contribution is -2.30. The summed E-state index contributed by atoms with van der Waals surface area (Å²) in [6.07, 6.45) is -2.90. The molecule has 0 aliphatic rings. The highest BCUT2D eigenvalue weighted by molar-refractivity contribution is 5.88. The zero-order valence-corrected chi connectivity index (χ0v) is 16.1. The van der Waals surface area contributed by atoms with Crippen molar-refractivity contribution in [2.45, 2.75) is 33.5 Å². The number of imidazole rings is 1. The van der Waals surface area contributed by atoms with Gasteiger partial charge in [-0.25, -0.2) is 9.37 Å². The summed E-state index contributed by atoms with van der Waals surface area (Å²) >= 11 is 0. The number of alkyl halides is 3. The maximum absolute atomic E-state index is 13.1. The summed E-state index contributed by atoms with van der Waals surface area (Å²) in [6.45, 7) is 4.63. The number of carbonyl (C=O) groups excluding carboxylic acids is 1. The number of carbonyl (C=O) groups is 1. The van der Waals surface area contributed by atoms with Gasteiger partial charge >= 0.3 is 6.18 Å². The molecule has 0 fully saturated rings. The van der Waals surface area contributed by atoms with Crippen LogP contribution < -0.4 is 10.6 Å². The number of aryl methyl sites for hydroxylation is 1. The normalized spacial score (nSPS) is 12.6. The first-order valence-corrected chi connectivity index (χ1v) is 8.69. The molecular formula is C19H21F4N5O. The van der Waals surface area contributed by atoms with Gasteiger partial charge in [0.15, 0.2) is 5.69 Å². The summed E-state index contributed by atoms with van der Waals surface area (Å²) in [4.78, 5) is 15.8. The van der Waals surface area contributed by atoms with Crippen LogP contribution in [0.1, 0.15) is 25.4 Å². The molecule has 0 aliphatic carbocycles. The van der Waals surface area contributed by atoms with Crippen LogP contribution in [0.3, 0.4) is 0 Å². The van der Waals surface area contributed by atoms with Gasteiger partial charge < -0.3 is 20.6 Å². The van der Waals surface area contributed by atoms with E-state index in [1.54, 1.807) is 0 Å². The topological polar surface area (TPSA) is 82.8 Å². The van der Waals surface area contributed by atoms with Crippen molar-refractivity contribution < 1.29 is 22.4 Å². The molecular weight excluding hydrogens is 390 g/mol. The Kier molecular flexibility index (Phi) is 6.78. The van der Waals surface area contributed by atoms with Gasteiger partial charge in [0, 0.05) is 23.8 Å². The molecule has 0 saturated carbocycles. The van der Waals surface area contributed by atoms with Crippen molar-refractivity contribution in [3.63, 3.8) is 0 Å². The molecule has 10 heteroatoms. The zero-order valence-electron chi connectivity index (χ0n) is 16.1. The quantitative estimate of drug-likeness (QED) is 0.474. The molecule has 2 rings (SSSR count). The molecule has 29 heavy (non-hydrogen) atoms. The van der Waals surface area contributed by atoms with E-state index in [1.165, 1.54) is 31.2 Å². The van der Waals surface area contributed by atoms with E-state index in [0.29, 0.717) is 11.4 Å². The fourth-order valence-corrected chi connectivity index (χ4v) is 2.54. The van der Waals surface area contributed by atoms with Crippen LogP contribution in [0.5, 0.6) is 0 Å². The van der Waals surface area contributed by atoms with Crippen LogP contribution in [0.2, 0.25) is 0 Å². The number of hydrogen-bond donors (Lipinski definition) is 3. The number of nitrogens with one attached hydrogen (secondary N) is 3. The molecule has 0 saturated heterocycles. The third kappa shape index (κ3) is 5.90. The number of nitrogens with zero attached hydrogens (tertiary/aromatic N) is 2. The number of hydrogen-bond acceptors (Lipinski definition) is 4. The second-order valence-corrected chi connectivity index (χ2v) is 6.61. The van der Waals surface area contributed by atoms with Gasteiger partial charge in [0.1, 0.15) is 18.2 Å². The van der Waals surface area contributed by atoms with E-state index in [4.69, 9.17) is 5.41 Å². The summed E-state index contributed by atoms with van der Waals surface area (Å²) in [5, 5.41) is 13.2. The Hall–Kier alpha value is -3.17. The Morgan fingerprint density at radius 1 is 1.28 bits per heavy atom. The van der Waals surface area contributed by atoms with Crippen LogP contribution >= 0.6 is 0 Å². The van der Waals surface area contributed by atoms with Crippen molar-refractivity contribution in [3.05, 3.63) is 59.2 Å². The first kappa shape index (κ1) is 22.1. The Balaban J connectivity index is 2.20. The van der Waals surface area contributed by atoms with Gasteiger partial charge in [0.05, 0.1) is 5.70 Å². The number of amides is 1. The fourth-order valence-electron chi connectivity index (χ4n) is 2.54. The summed E-state index contributed by atoms with van der Waals surface area (Å²) in [7, 11) is 0. The minimum Gasteiger partial charge on any atom is -0.357 e. The van der Waals surface area contributed by atoms with E-state index in [1.807, 2.05) is 13.8 Å². The van der Waals surface area contributed by atoms with Gasteiger partial charge in [-0.3, -0.25) is 4.79 Å². The van der Waals surface area contributed by atoms with Crippen molar-refractivity contribution in [2.24, 2.45) is 5.92 Å². The molecule has 6 nitrogen and oxygen atoms in total. The summed E-state index contributed by atoms with van der Waals surface area (Å²) < 4.78 is 52.5. The lowest BCUT2D eigenvalue weighted by molar-refractivity contribution is -0.141. The Morgan fingerprint density at radius 2 is 1.90 bits per heavy atom. The first-order valence-electron chi connectivity index (χ1n) is 8.69. The summed E-state index contributed by atoms with van der Waals surface area (Å²) in [5.74, 6) is -1.11. The lowest BCUT2D eigenvalue weighted by atomic mass is 10.1. The summed E-state index contributed by atoms with van der Waals surface area (Å²) in [5.41, 5.74) is 0.136. The maximum atomic E-state index is 13.1. The van der Waals surface area contributed by atoms with Crippen molar-refractivity contribution in [1.29, 1.82) is 5.41 Å². The van der Waals surface area contributed by atoms with E-state index < -0.39 is 30.1 Å². The highest BCUT2D eigenvalue weighted by atomic mass is 19.4. The molecule has 2 aromatic rings. The number of rotatable bonds is 7. The maximum Gasteiger partial charge on any atom is 0.434 e. The molecule has 1 aromatic heterocycles. The number of allylic oxidation sites excluding steroid dienone is 2. The van der Waals surface area contributed by atoms with E-state index in [0.717, 1.165) is 17.0 Å². The van der Waals surface area contributed by atoms with Crippen LogP contribution in [-0.4, -0.2) is 21.7 Å². The molecule has 3 N–H and O–H groups in total. The third-order valence-corrected chi connectivity index (χ3v) is 3.99. The number of anilines is 1. The van der Waals surface area contributed by atoms with Crippen molar-refractivity contribution in [1.82, 2.24) is 14.9 Å². The molecule has 1 heterocycles. The Bertz CT molecular complexity index is 914. The Morgan fingerprint density at radius 3 is 2.38 bits per heavy atom. The molecule has 0 aliphatic heterocycles. The highest BCUT2D eigenvalue weighted by Gasteiger charge is 2.34. The van der Waals surface area contributed by atoms with Crippen LogP contribution in [0, 0.1) is 24.1 Å². The number of benzene rings is 1. The lowest BCUT2D eigenvalue weighted by Gasteiger charge is -2.19. The highest BCUT2D eigenvalue weighted by Crippen LogP contribution is 2.28. The van der Waals surface area contributed by atoms with Crippen LogP contribution in [0.4, 0.5) is 23.2 Å². The smallest absolute Gasteiger partial charge is 0.357 e. The second-order valence-electron chi connectivity index (χ2n) is 6.61. The predicted molar refractivity (Wildman–Crippen MR) is 101 cm³/mol. The number of halogens is 4. The van der Waals surface area contributed by atoms with Crippen molar-refractivity contribution in [3.8, 4) is 0 Å². The second kappa shape index (κ2) is 8.89. The van der Waals surface area contributed by atoms with E-state index in [9.17, 15) is 22.4 Å². The van der Waals surface area contributed by atoms with E-state index in [-0.39, 0.29) is 17.4 Å². The fraction of sp³-hybridized carbons (Fsp3) is 0.316. The van der Waals surface area contributed by atoms with Crippen molar-refractivity contribution >= 4 is 17.8 Å². The van der Waals surface area contributed by atoms with Crippen molar-refractivity contribution in [2.75, 3.05) is 5.32 Å². The molecule has 1 amide bonds. The number of aromatic nitrogens is 2. The third-order valence-electron chi connectivity index (χ3n) is 3.99. The SMILES string of the molecule is Cc1nc(C(F)(F)F)cn1CC(=O)N/C(C=N)=C(/Nc1ccc(F)cc1)C(C)C. The van der Waals surface area contributed by atoms with Crippen LogP contribution in [-0.2, 0) is 17.5 Å². The molecule has 0 atom stereocenters. The van der Waals surface area contributed by atoms with Gasteiger partial charge in [-0.1, -0.05) is 13.8 Å². The first-order chi connectivity index (χ1) is 13.5. The molecule has 0 bridgehead atoms. The Labute approximate surface area is 165 Å². The zero-order chi connectivity index (χ0) is 21.8. The standard InChI is InChI=1S/C19H21F4N5O/c1-11(2)18(26-14-6-4-13(20)5-7-14)15(8-24)27-17(29)10-28-9-16(19(21,22)23)25-12(28)3/h4-9,11,24,26H,10H2,1-3H3,(H,27,29)/b18-15+,24-8?. The molecule has 1 aromatic carbocycles. The molecule has 156 valence electrons. The van der Waals surface area contributed by atoms with Crippen LogP contribution in [0.25, 0.3) is 0 Å². The minimum atomic E-state index is -4.60. The molecule has 0 unspecified atom stereocenters. The average Bonchev–Trinajstić information content (AvgIpc) is 3.00. The average molecular weight is 411 g/mol. The molecule has 0 radical (unpaired) electrons. The van der Waals surface area contributed by atoms with Gasteiger partial charge in [0.2, 0.25) is 5.91 Å². The van der Waals surface area contributed by atoms with Crippen LogP contribution in [0.15, 0.2) is 41.9 Å². The van der Waals surface area contributed by atoms with E-state index in [2.05, 4.69) is 15.6 Å². The van der Waals surface area contributed by atoms with Gasteiger partial charge in [-0.15, -0.1) is 0 Å². The van der Waals surface area contributed by atoms with Gasteiger partial charge in [0.25, 0.3) is 0 Å².